The van der Waals surface area contributed by atoms with Crippen molar-refractivity contribution in [1.29, 1.82) is 0 Å². The molecule has 33 heavy (non-hydrogen) atoms. The SMILES string of the molecule is COc1ccc(Sc2nc(Nc3cc(-c4cccs4)[nH]n3)nc(N3CCN(C)CC3)n2)cc1. The predicted octanol–water partition coefficient (Wildman–Crippen LogP) is 3.98. The van der Waals surface area contributed by atoms with Crippen LogP contribution in [-0.4, -0.2) is 70.4 Å². The van der Waals surface area contributed by atoms with Gasteiger partial charge < -0.3 is 19.9 Å². The lowest BCUT2D eigenvalue weighted by molar-refractivity contribution is 0.311. The zero-order valence-electron chi connectivity index (χ0n) is 18.4. The van der Waals surface area contributed by atoms with Gasteiger partial charge in [0.25, 0.3) is 0 Å². The van der Waals surface area contributed by atoms with E-state index in [1.807, 2.05) is 41.8 Å². The Balaban J connectivity index is 1.41. The van der Waals surface area contributed by atoms with Gasteiger partial charge in [-0.1, -0.05) is 6.07 Å². The monoisotopic (exact) mass is 480 g/mol. The average Bonchev–Trinajstić information content (AvgIpc) is 3.52. The van der Waals surface area contributed by atoms with Gasteiger partial charge in [-0.3, -0.25) is 5.10 Å². The average molecular weight is 481 g/mol. The largest absolute Gasteiger partial charge is 0.497 e. The molecule has 4 heterocycles. The number of aromatic nitrogens is 5. The van der Waals surface area contributed by atoms with Crippen LogP contribution in [0, 0.1) is 0 Å². The standard InChI is InChI=1S/C22H24N8OS2/c1-29-9-11-30(12-10-29)21-24-20(23-19-14-17(27-28-19)18-4-3-13-32-18)25-22(26-21)33-16-7-5-15(31-2)6-8-16/h3-8,13-14H,9-12H2,1-2H3,(H2,23,24,25,26,27,28). The van der Waals surface area contributed by atoms with Gasteiger partial charge in [0.05, 0.1) is 17.7 Å². The van der Waals surface area contributed by atoms with Crippen LogP contribution in [0.5, 0.6) is 5.75 Å². The number of nitrogens with zero attached hydrogens (tertiary/aromatic N) is 6. The van der Waals surface area contributed by atoms with E-state index in [9.17, 15) is 0 Å². The zero-order valence-corrected chi connectivity index (χ0v) is 20.0. The van der Waals surface area contributed by atoms with Gasteiger partial charge >= 0.3 is 0 Å². The number of methoxy groups -OCH3 is 1. The van der Waals surface area contributed by atoms with Crippen molar-refractivity contribution in [1.82, 2.24) is 30.0 Å². The number of aromatic amines is 1. The van der Waals surface area contributed by atoms with Gasteiger partial charge in [0.2, 0.25) is 11.9 Å². The van der Waals surface area contributed by atoms with Gasteiger partial charge in [-0.25, -0.2) is 0 Å². The molecular weight excluding hydrogens is 456 g/mol. The highest BCUT2D eigenvalue weighted by Crippen LogP contribution is 2.30. The third-order valence-corrected chi connectivity index (χ3v) is 7.04. The number of ether oxygens (including phenoxy) is 1. The molecule has 4 aromatic rings. The van der Waals surface area contributed by atoms with Crippen molar-refractivity contribution in [2.24, 2.45) is 0 Å². The lowest BCUT2D eigenvalue weighted by Gasteiger charge is -2.32. The van der Waals surface area contributed by atoms with Crippen LogP contribution in [0.2, 0.25) is 0 Å². The van der Waals surface area contributed by atoms with E-state index in [0.717, 1.165) is 47.4 Å². The molecule has 170 valence electrons. The summed E-state index contributed by atoms with van der Waals surface area (Å²) < 4.78 is 5.26. The quantitative estimate of drug-likeness (QED) is 0.407. The Bertz CT molecular complexity index is 1190. The summed E-state index contributed by atoms with van der Waals surface area (Å²) in [6.07, 6.45) is 0. The van der Waals surface area contributed by atoms with Gasteiger partial charge in [-0.2, -0.15) is 20.1 Å². The fourth-order valence-electron chi connectivity index (χ4n) is 3.40. The number of hydrogen-bond acceptors (Lipinski definition) is 10. The molecule has 0 radical (unpaired) electrons. The van der Waals surface area contributed by atoms with E-state index in [2.05, 4.69) is 43.4 Å². The molecule has 1 aliphatic rings. The summed E-state index contributed by atoms with van der Waals surface area (Å²) in [5, 5.41) is 13.4. The first kappa shape index (κ1) is 21.7. The minimum absolute atomic E-state index is 0.471. The Morgan fingerprint density at radius 1 is 1.06 bits per heavy atom. The third kappa shape index (κ3) is 5.27. The normalized spacial score (nSPS) is 14.4. The number of nitrogens with one attached hydrogen (secondary N) is 2. The Labute approximate surface area is 200 Å². The summed E-state index contributed by atoms with van der Waals surface area (Å²) in [6, 6.07) is 13.9. The Hall–Kier alpha value is -3.15. The van der Waals surface area contributed by atoms with Gasteiger partial charge in [0, 0.05) is 37.1 Å². The molecule has 0 atom stereocenters. The van der Waals surface area contributed by atoms with E-state index in [1.165, 1.54) is 11.8 Å². The Morgan fingerprint density at radius 2 is 1.88 bits per heavy atom. The van der Waals surface area contributed by atoms with Crippen LogP contribution in [0.15, 0.2) is 57.9 Å². The van der Waals surface area contributed by atoms with Crippen molar-refractivity contribution in [2.75, 3.05) is 50.6 Å². The maximum absolute atomic E-state index is 5.26. The highest BCUT2D eigenvalue weighted by molar-refractivity contribution is 7.99. The van der Waals surface area contributed by atoms with Gasteiger partial charge in [0.15, 0.2) is 11.0 Å². The molecule has 1 aromatic carbocycles. The van der Waals surface area contributed by atoms with Crippen LogP contribution in [0.4, 0.5) is 17.7 Å². The second kappa shape index (κ2) is 9.77. The summed E-state index contributed by atoms with van der Waals surface area (Å²) in [5.74, 6) is 2.62. The van der Waals surface area contributed by atoms with Gasteiger partial charge in [-0.15, -0.1) is 11.3 Å². The Morgan fingerprint density at radius 3 is 2.61 bits per heavy atom. The van der Waals surface area contributed by atoms with Crippen molar-refractivity contribution in [2.45, 2.75) is 10.1 Å². The van der Waals surface area contributed by atoms with Crippen molar-refractivity contribution < 1.29 is 4.74 Å². The molecule has 1 aliphatic heterocycles. The van der Waals surface area contributed by atoms with E-state index < -0.39 is 0 Å². The molecule has 9 nitrogen and oxygen atoms in total. The maximum atomic E-state index is 5.26. The van der Waals surface area contributed by atoms with Gasteiger partial charge in [0.1, 0.15) is 5.75 Å². The number of rotatable bonds is 7. The van der Waals surface area contributed by atoms with Crippen molar-refractivity contribution >= 4 is 40.8 Å². The topological polar surface area (TPSA) is 95.1 Å². The minimum atomic E-state index is 0.471. The van der Waals surface area contributed by atoms with Gasteiger partial charge in [-0.05, 0) is 54.5 Å². The second-order valence-electron chi connectivity index (χ2n) is 7.58. The van der Waals surface area contributed by atoms with Crippen LogP contribution in [0.1, 0.15) is 0 Å². The third-order valence-electron chi connectivity index (χ3n) is 5.26. The first-order chi connectivity index (χ1) is 16.2. The molecule has 11 heteroatoms. The molecule has 0 amide bonds. The zero-order chi connectivity index (χ0) is 22.6. The highest BCUT2D eigenvalue weighted by atomic mass is 32.2. The molecule has 0 unspecified atom stereocenters. The van der Waals surface area contributed by atoms with E-state index in [1.54, 1.807) is 18.4 Å². The molecule has 1 saturated heterocycles. The first-order valence-corrected chi connectivity index (χ1v) is 12.2. The number of thiophene rings is 1. The number of H-pyrrole nitrogens is 1. The van der Waals surface area contributed by atoms with Crippen LogP contribution >= 0.6 is 23.1 Å². The number of piperazine rings is 1. The maximum Gasteiger partial charge on any atom is 0.234 e. The molecule has 0 saturated carbocycles. The van der Waals surface area contributed by atoms with E-state index in [4.69, 9.17) is 14.7 Å². The fraction of sp³-hybridized carbons (Fsp3) is 0.273. The Kier molecular flexibility index (Phi) is 6.42. The summed E-state index contributed by atoms with van der Waals surface area (Å²) in [7, 11) is 3.79. The minimum Gasteiger partial charge on any atom is -0.497 e. The van der Waals surface area contributed by atoms with Crippen LogP contribution in [-0.2, 0) is 0 Å². The number of anilines is 3. The second-order valence-corrected chi connectivity index (χ2v) is 9.57. The van der Waals surface area contributed by atoms with Crippen molar-refractivity contribution in [3.63, 3.8) is 0 Å². The molecule has 3 aromatic heterocycles. The van der Waals surface area contributed by atoms with E-state index in [-0.39, 0.29) is 0 Å². The molecule has 5 rings (SSSR count). The molecule has 0 bridgehead atoms. The lowest BCUT2D eigenvalue weighted by atomic mass is 10.3. The fourth-order valence-corrected chi connectivity index (χ4v) is 4.84. The first-order valence-electron chi connectivity index (χ1n) is 10.5. The van der Waals surface area contributed by atoms with E-state index >= 15 is 0 Å². The number of likely N-dealkylation sites (N-methyl/N-ethyl adjacent to an activating group) is 1. The molecular formula is C22H24N8OS2. The number of hydrogen-bond donors (Lipinski definition) is 2. The van der Waals surface area contributed by atoms with Crippen LogP contribution in [0.3, 0.4) is 0 Å². The molecule has 0 aliphatic carbocycles. The van der Waals surface area contributed by atoms with Crippen molar-refractivity contribution in [3.05, 3.63) is 47.8 Å². The van der Waals surface area contributed by atoms with Crippen LogP contribution in [0.25, 0.3) is 10.6 Å². The summed E-state index contributed by atoms with van der Waals surface area (Å²) in [6.45, 7) is 3.69. The lowest BCUT2D eigenvalue weighted by Crippen LogP contribution is -2.45. The van der Waals surface area contributed by atoms with Crippen molar-refractivity contribution in [3.8, 4) is 16.3 Å². The summed E-state index contributed by atoms with van der Waals surface area (Å²) in [4.78, 5) is 20.8. The molecule has 2 N–H and O–H groups in total. The van der Waals surface area contributed by atoms with E-state index in [0.29, 0.717) is 22.9 Å². The smallest absolute Gasteiger partial charge is 0.234 e. The molecule has 0 spiro atoms. The van der Waals surface area contributed by atoms with Crippen LogP contribution < -0.4 is 15.0 Å². The highest BCUT2D eigenvalue weighted by Gasteiger charge is 2.19. The number of benzene rings is 1. The summed E-state index contributed by atoms with van der Waals surface area (Å²) in [5.41, 5.74) is 0.952. The summed E-state index contributed by atoms with van der Waals surface area (Å²) >= 11 is 3.15. The predicted molar refractivity (Wildman–Crippen MR) is 132 cm³/mol. The molecule has 1 fully saturated rings.